The molecule has 7 aromatic rings. The molecule has 5 aromatic carbocycles. The van der Waals surface area contributed by atoms with Gasteiger partial charge in [0.15, 0.2) is 0 Å². The zero-order chi connectivity index (χ0) is 31.4. The van der Waals surface area contributed by atoms with Crippen molar-refractivity contribution in [2.75, 3.05) is 0 Å². The van der Waals surface area contributed by atoms with Gasteiger partial charge in [0.1, 0.15) is 23.2 Å². The van der Waals surface area contributed by atoms with E-state index in [1.54, 1.807) is 0 Å². The van der Waals surface area contributed by atoms with E-state index in [0.29, 0.717) is 0 Å². The van der Waals surface area contributed by atoms with Gasteiger partial charge in [-0.05, 0) is 57.6 Å². The molecule has 0 saturated heterocycles. The van der Waals surface area contributed by atoms with Crippen molar-refractivity contribution >= 4 is 0 Å². The van der Waals surface area contributed by atoms with E-state index in [4.69, 9.17) is 20.4 Å². The third-order valence-electron chi connectivity index (χ3n) is 9.42. The molecule has 224 valence electrons. The summed E-state index contributed by atoms with van der Waals surface area (Å²) in [4.78, 5) is 13.7. The van der Waals surface area contributed by atoms with E-state index in [1.807, 2.05) is 67.0 Å². The third kappa shape index (κ3) is 4.21. The summed E-state index contributed by atoms with van der Waals surface area (Å²) in [6.07, 6.45) is 3.26. The first-order valence-electron chi connectivity index (χ1n) is 15.8. The number of nitrogens with two attached hydrogens (primary N) is 1. The lowest BCUT2D eigenvalue weighted by atomic mass is 9.67. The summed E-state index contributed by atoms with van der Waals surface area (Å²) in [6.45, 7) is 0. The zero-order valence-corrected chi connectivity index (χ0v) is 25.5. The first-order valence-corrected chi connectivity index (χ1v) is 15.8. The van der Waals surface area contributed by atoms with Crippen molar-refractivity contribution in [1.29, 1.82) is 0 Å². The number of ether oxygens (including phenoxy) is 1. The van der Waals surface area contributed by atoms with Crippen LogP contribution in [0.25, 0.3) is 33.4 Å². The Morgan fingerprint density at radius 1 is 0.596 bits per heavy atom. The Hall–Kier alpha value is -6.04. The molecule has 9 rings (SSSR count). The van der Waals surface area contributed by atoms with E-state index in [2.05, 4.69) is 96.0 Å². The fraction of sp³-hybridized carbons (Fsp3) is 0.0476. The van der Waals surface area contributed by atoms with Gasteiger partial charge in [0.05, 0.1) is 11.1 Å². The number of aromatic amines is 1. The highest BCUT2D eigenvalue weighted by molar-refractivity contribution is 5.87. The average Bonchev–Trinajstić information content (AvgIpc) is 3.43. The standard InChI is InChI=1S/C42H30N4O/c43-40(46-41-33(28-14-5-2-6-15-28)24-30(26-45-41)27-12-3-1-4-13-27)29-21-22-31-32-16-11-23-44-39(32)42(36(31)25-29)34-17-7-9-19-37(34)47-38-20-10-8-18-35(38)42/h1-26,40H,43H2,(H,45,46). The monoisotopic (exact) mass is 606 g/mol. The number of para-hydroxylation sites is 2. The van der Waals surface area contributed by atoms with Crippen LogP contribution in [-0.2, 0) is 5.41 Å². The number of rotatable bonds is 4. The quantitative estimate of drug-likeness (QED) is 0.210. The first kappa shape index (κ1) is 27.3. The average molecular weight is 607 g/mol. The van der Waals surface area contributed by atoms with Gasteiger partial charge < -0.3 is 15.5 Å². The van der Waals surface area contributed by atoms with Crippen LogP contribution >= 0.6 is 0 Å². The lowest BCUT2D eigenvalue weighted by molar-refractivity contribution is 0.434. The highest BCUT2D eigenvalue weighted by Crippen LogP contribution is 2.61. The number of pyridine rings is 2. The van der Waals surface area contributed by atoms with E-state index >= 15 is 0 Å². The molecule has 0 radical (unpaired) electrons. The molecule has 0 bridgehead atoms. The number of nitrogens with zero attached hydrogens (tertiary/aromatic N) is 2. The van der Waals surface area contributed by atoms with Gasteiger partial charge in [0, 0.05) is 34.6 Å². The SMILES string of the molecule is NC(/N=c1\[nH]cc(-c2ccccc2)cc1-c1ccccc1)c1ccc2c(c1)C1(c3ccccc3Oc3ccccc31)c1ncccc1-2. The maximum absolute atomic E-state index is 7.00. The van der Waals surface area contributed by atoms with Crippen LogP contribution < -0.4 is 16.0 Å². The molecule has 2 aliphatic rings. The molecule has 1 atom stereocenters. The predicted molar refractivity (Wildman–Crippen MR) is 186 cm³/mol. The highest BCUT2D eigenvalue weighted by Gasteiger charge is 2.52. The van der Waals surface area contributed by atoms with Crippen LogP contribution in [0.2, 0.25) is 0 Å². The number of hydrogen-bond acceptors (Lipinski definition) is 4. The van der Waals surface area contributed by atoms with Gasteiger partial charge in [0.2, 0.25) is 0 Å². The summed E-state index contributed by atoms with van der Waals surface area (Å²) in [5.74, 6) is 1.66. The molecule has 3 heterocycles. The Kier molecular flexibility index (Phi) is 6.27. The van der Waals surface area contributed by atoms with E-state index in [1.165, 1.54) is 0 Å². The second-order valence-corrected chi connectivity index (χ2v) is 12.0. The fourth-order valence-electron chi connectivity index (χ4n) is 7.32. The Balaban J connectivity index is 1.24. The zero-order valence-electron chi connectivity index (χ0n) is 25.5. The van der Waals surface area contributed by atoms with Crippen molar-refractivity contribution in [2.24, 2.45) is 10.7 Å². The number of benzene rings is 5. The van der Waals surface area contributed by atoms with Gasteiger partial charge in [-0.2, -0.15) is 0 Å². The minimum absolute atomic E-state index is 0.624. The Labute approximate surface area is 272 Å². The maximum Gasteiger partial charge on any atom is 0.135 e. The molecule has 3 N–H and O–H groups in total. The van der Waals surface area contributed by atoms with Gasteiger partial charge in [0.25, 0.3) is 0 Å². The highest BCUT2D eigenvalue weighted by atomic mass is 16.5. The largest absolute Gasteiger partial charge is 0.457 e. The molecular formula is C42H30N4O. The van der Waals surface area contributed by atoms with Crippen LogP contribution in [0.4, 0.5) is 0 Å². The fourth-order valence-corrected chi connectivity index (χ4v) is 7.32. The minimum Gasteiger partial charge on any atom is -0.457 e. The molecule has 1 unspecified atom stereocenters. The van der Waals surface area contributed by atoms with Crippen molar-refractivity contribution in [3.8, 4) is 44.9 Å². The van der Waals surface area contributed by atoms with Crippen molar-refractivity contribution in [1.82, 2.24) is 9.97 Å². The molecule has 1 aliphatic carbocycles. The summed E-state index contributed by atoms with van der Waals surface area (Å²) < 4.78 is 6.47. The summed E-state index contributed by atoms with van der Waals surface area (Å²) in [5, 5.41) is 0. The number of H-pyrrole nitrogens is 1. The molecule has 5 nitrogen and oxygen atoms in total. The van der Waals surface area contributed by atoms with Crippen LogP contribution in [-0.4, -0.2) is 9.97 Å². The van der Waals surface area contributed by atoms with Crippen LogP contribution in [0.15, 0.2) is 163 Å². The predicted octanol–water partition coefficient (Wildman–Crippen LogP) is 8.77. The van der Waals surface area contributed by atoms with E-state index in [9.17, 15) is 0 Å². The molecule has 0 amide bonds. The molecule has 0 saturated carbocycles. The summed E-state index contributed by atoms with van der Waals surface area (Å²) in [5.41, 5.74) is 18.8. The molecule has 47 heavy (non-hydrogen) atoms. The summed E-state index contributed by atoms with van der Waals surface area (Å²) in [7, 11) is 0. The number of aromatic nitrogens is 2. The second-order valence-electron chi connectivity index (χ2n) is 12.0. The number of fused-ring (bicyclic) bond motifs is 9. The van der Waals surface area contributed by atoms with Crippen LogP contribution in [0.5, 0.6) is 11.5 Å². The molecule has 1 aliphatic heterocycles. The van der Waals surface area contributed by atoms with Crippen molar-refractivity contribution in [3.63, 3.8) is 0 Å². The van der Waals surface area contributed by atoms with E-state index in [0.717, 1.165) is 78.3 Å². The third-order valence-corrected chi connectivity index (χ3v) is 9.42. The van der Waals surface area contributed by atoms with Gasteiger partial charge in [-0.3, -0.25) is 4.98 Å². The molecule has 0 fully saturated rings. The van der Waals surface area contributed by atoms with E-state index < -0.39 is 11.6 Å². The molecule has 1 spiro atoms. The number of hydrogen-bond donors (Lipinski definition) is 2. The second kappa shape index (κ2) is 10.8. The molecule has 5 heteroatoms. The lowest BCUT2D eigenvalue weighted by Gasteiger charge is -2.38. The maximum atomic E-state index is 7.00. The van der Waals surface area contributed by atoms with E-state index in [-0.39, 0.29) is 0 Å². The van der Waals surface area contributed by atoms with Gasteiger partial charge >= 0.3 is 0 Å². The topological polar surface area (TPSA) is 76.3 Å². The Morgan fingerprint density at radius 3 is 1.98 bits per heavy atom. The molecular weight excluding hydrogens is 576 g/mol. The Bertz CT molecular complexity index is 2320. The van der Waals surface area contributed by atoms with Gasteiger partial charge in [-0.1, -0.05) is 121 Å². The van der Waals surface area contributed by atoms with Gasteiger partial charge in [-0.25, -0.2) is 4.99 Å². The number of nitrogens with one attached hydrogen (secondary N) is 1. The minimum atomic E-state index is -0.661. The van der Waals surface area contributed by atoms with Crippen LogP contribution in [0.3, 0.4) is 0 Å². The summed E-state index contributed by atoms with van der Waals surface area (Å²) >= 11 is 0. The smallest absolute Gasteiger partial charge is 0.135 e. The van der Waals surface area contributed by atoms with Crippen molar-refractivity contribution in [2.45, 2.75) is 11.6 Å². The molecule has 2 aromatic heterocycles. The van der Waals surface area contributed by atoms with Crippen LogP contribution in [0, 0.1) is 0 Å². The van der Waals surface area contributed by atoms with Gasteiger partial charge in [-0.15, -0.1) is 0 Å². The lowest BCUT2D eigenvalue weighted by Crippen LogP contribution is -2.33. The first-order chi connectivity index (χ1) is 23.2. The Morgan fingerprint density at radius 2 is 1.26 bits per heavy atom. The summed E-state index contributed by atoms with van der Waals surface area (Å²) in [6, 6.07) is 50.1. The van der Waals surface area contributed by atoms with Crippen molar-refractivity contribution in [3.05, 3.63) is 191 Å². The van der Waals surface area contributed by atoms with Crippen LogP contribution in [0.1, 0.15) is 34.1 Å². The normalized spacial score (nSPS) is 14.4. The van der Waals surface area contributed by atoms with Crippen molar-refractivity contribution < 1.29 is 4.74 Å².